The monoisotopic (exact) mass is 445 g/mol. The number of alkyl halides is 3. The second-order valence-electron chi connectivity index (χ2n) is 7.67. The lowest BCUT2D eigenvalue weighted by Crippen LogP contribution is -2.46. The Balaban J connectivity index is 1.39. The number of carboxylic acid groups (broad SMARTS) is 1. The number of rotatable bonds is 5. The third-order valence-electron chi connectivity index (χ3n) is 5.44. The lowest BCUT2D eigenvalue weighted by Gasteiger charge is -2.36. The first-order chi connectivity index (χ1) is 15.2. The normalized spacial score (nSPS) is 14.6. The van der Waals surface area contributed by atoms with Crippen LogP contribution in [0.5, 0.6) is 0 Å². The Bertz CT molecular complexity index is 1090. The molecule has 2 aromatic heterocycles. The molecule has 0 atom stereocenters. The molecule has 1 aliphatic heterocycles. The minimum atomic E-state index is -4.50. The van der Waals surface area contributed by atoms with E-state index in [0.29, 0.717) is 5.56 Å². The van der Waals surface area contributed by atoms with E-state index in [2.05, 4.69) is 24.8 Å². The minimum Gasteiger partial charge on any atom is -0.481 e. The van der Waals surface area contributed by atoms with E-state index in [9.17, 15) is 18.0 Å². The van der Waals surface area contributed by atoms with Crippen LogP contribution >= 0.6 is 0 Å². The fraction of sp³-hybridized carbons (Fsp3) is 0.318. The molecular formula is C22H22F3N5O2. The molecule has 4 rings (SSSR count). The molecule has 3 aromatic rings. The van der Waals surface area contributed by atoms with Gasteiger partial charge in [0, 0.05) is 49.3 Å². The molecule has 0 radical (unpaired) electrons. The highest BCUT2D eigenvalue weighted by atomic mass is 19.4. The van der Waals surface area contributed by atoms with Crippen LogP contribution in [0.4, 0.5) is 24.7 Å². The summed E-state index contributed by atoms with van der Waals surface area (Å²) in [4.78, 5) is 25.9. The first-order valence-corrected chi connectivity index (χ1v) is 10.1. The van der Waals surface area contributed by atoms with E-state index in [1.807, 2.05) is 24.3 Å². The Hall–Kier alpha value is -3.56. The molecule has 0 aliphatic carbocycles. The number of hydrogen-bond donors (Lipinski definition) is 2. The number of benzene rings is 1. The first-order valence-electron chi connectivity index (χ1n) is 10.1. The fourth-order valence-corrected chi connectivity index (χ4v) is 3.78. The SMILES string of the molecule is Cc1[nH]c(-c2ccc(N3CCN(c4ccc(CC(=O)O)cc4)CC3)nc2)nc1C(F)(F)F. The smallest absolute Gasteiger partial charge is 0.435 e. The van der Waals surface area contributed by atoms with Gasteiger partial charge in [0.25, 0.3) is 0 Å². The summed E-state index contributed by atoms with van der Waals surface area (Å²) < 4.78 is 38.9. The molecule has 168 valence electrons. The van der Waals surface area contributed by atoms with Gasteiger partial charge in [0.2, 0.25) is 0 Å². The Morgan fingerprint density at radius 1 is 1.06 bits per heavy atom. The van der Waals surface area contributed by atoms with Gasteiger partial charge in [0.05, 0.1) is 6.42 Å². The Morgan fingerprint density at radius 2 is 1.72 bits per heavy atom. The maximum absolute atomic E-state index is 13.0. The molecule has 0 saturated carbocycles. The summed E-state index contributed by atoms with van der Waals surface area (Å²) >= 11 is 0. The number of piperazine rings is 1. The van der Waals surface area contributed by atoms with Crippen molar-refractivity contribution in [2.24, 2.45) is 0 Å². The Morgan fingerprint density at radius 3 is 2.25 bits per heavy atom. The topological polar surface area (TPSA) is 85.4 Å². The number of halogens is 3. The minimum absolute atomic E-state index is 0.00478. The van der Waals surface area contributed by atoms with Crippen LogP contribution in [0.3, 0.4) is 0 Å². The molecule has 1 saturated heterocycles. The summed E-state index contributed by atoms with van der Waals surface area (Å²) in [6, 6.07) is 11.0. The summed E-state index contributed by atoms with van der Waals surface area (Å²) in [7, 11) is 0. The molecule has 7 nitrogen and oxygen atoms in total. The van der Waals surface area contributed by atoms with Crippen molar-refractivity contribution in [3.05, 3.63) is 59.5 Å². The number of hydrogen-bond acceptors (Lipinski definition) is 5. The van der Waals surface area contributed by atoms with Crippen LogP contribution in [-0.2, 0) is 17.4 Å². The van der Waals surface area contributed by atoms with Crippen LogP contribution < -0.4 is 9.80 Å². The second-order valence-corrected chi connectivity index (χ2v) is 7.67. The molecule has 0 unspecified atom stereocenters. The quantitative estimate of drug-likeness (QED) is 0.622. The van der Waals surface area contributed by atoms with Crippen molar-refractivity contribution in [1.82, 2.24) is 15.0 Å². The van der Waals surface area contributed by atoms with Crippen molar-refractivity contribution in [3.63, 3.8) is 0 Å². The summed E-state index contributed by atoms with van der Waals surface area (Å²) in [5, 5.41) is 8.88. The van der Waals surface area contributed by atoms with E-state index in [1.165, 1.54) is 13.1 Å². The summed E-state index contributed by atoms with van der Waals surface area (Å²) in [6.07, 6.45) is -2.96. The predicted octanol–water partition coefficient (Wildman–Crippen LogP) is 3.75. The number of aromatic nitrogens is 3. The number of nitrogens with one attached hydrogen (secondary N) is 1. The largest absolute Gasteiger partial charge is 0.481 e. The third kappa shape index (κ3) is 4.68. The molecule has 10 heteroatoms. The van der Waals surface area contributed by atoms with E-state index in [1.54, 1.807) is 12.1 Å². The average molecular weight is 445 g/mol. The highest BCUT2D eigenvalue weighted by molar-refractivity contribution is 5.70. The number of aryl methyl sites for hydroxylation is 1. The molecule has 0 bridgehead atoms. The summed E-state index contributed by atoms with van der Waals surface area (Å²) in [5.74, 6) is 0.0439. The zero-order valence-electron chi connectivity index (χ0n) is 17.4. The van der Waals surface area contributed by atoms with Crippen molar-refractivity contribution in [3.8, 4) is 11.4 Å². The van der Waals surface area contributed by atoms with Crippen molar-refractivity contribution in [2.45, 2.75) is 19.5 Å². The molecule has 0 amide bonds. The number of imidazole rings is 1. The lowest BCUT2D eigenvalue weighted by molar-refractivity contribution is -0.141. The number of pyridine rings is 1. The molecule has 1 aromatic carbocycles. The van der Waals surface area contributed by atoms with E-state index >= 15 is 0 Å². The number of nitrogens with zero attached hydrogens (tertiary/aromatic N) is 4. The van der Waals surface area contributed by atoms with Gasteiger partial charge in [-0.3, -0.25) is 4.79 Å². The number of anilines is 2. The van der Waals surface area contributed by atoms with Crippen molar-refractivity contribution in [1.29, 1.82) is 0 Å². The zero-order chi connectivity index (χ0) is 22.9. The molecule has 1 aliphatic rings. The van der Waals surface area contributed by atoms with Gasteiger partial charge in [-0.05, 0) is 36.8 Å². The second kappa shape index (κ2) is 8.52. The van der Waals surface area contributed by atoms with Gasteiger partial charge in [0.15, 0.2) is 5.69 Å². The number of aliphatic carboxylic acids is 1. The van der Waals surface area contributed by atoms with Gasteiger partial charge in [-0.15, -0.1) is 0 Å². The van der Waals surface area contributed by atoms with Gasteiger partial charge in [0.1, 0.15) is 11.6 Å². The van der Waals surface area contributed by atoms with Crippen LogP contribution in [0.25, 0.3) is 11.4 Å². The van der Waals surface area contributed by atoms with Crippen LogP contribution in [0.2, 0.25) is 0 Å². The maximum Gasteiger partial charge on any atom is 0.435 e. The maximum atomic E-state index is 13.0. The van der Waals surface area contributed by atoms with Gasteiger partial charge in [-0.2, -0.15) is 13.2 Å². The summed E-state index contributed by atoms with van der Waals surface area (Å²) in [5.41, 5.74) is 1.36. The first kappa shape index (κ1) is 21.7. The standard InChI is InChI=1S/C22H22F3N5O2/c1-14-20(22(23,24)25)28-21(27-14)16-4-7-18(26-13-16)30-10-8-29(9-11-30)17-5-2-15(3-6-17)12-19(31)32/h2-7,13H,8-12H2,1H3,(H,27,28)(H,31,32). The molecule has 32 heavy (non-hydrogen) atoms. The predicted molar refractivity (Wildman–Crippen MR) is 114 cm³/mol. The molecule has 1 fully saturated rings. The van der Waals surface area contributed by atoms with Gasteiger partial charge >= 0.3 is 12.1 Å². The molecular weight excluding hydrogens is 423 g/mol. The van der Waals surface area contributed by atoms with E-state index < -0.39 is 17.8 Å². The van der Waals surface area contributed by atoms with E-state index in [0.717, 1.165) is 43.2 Å². The summed E-state index contributed by atoms with van der Waals surface area (Å²) in [6.45, 7) is 4.37. The van der Waals surface area contributed by atoms with E-state index in [-0.39, 0.29) is 17.9 Å². The van der Waals surface area contributed by atoms with E-state index in [4.69, 9.17) is 5.11 Å². The van der Waals surface area contributed by atoms with Crippen molar-refractivity contribution < 1.29 is 23.1 Å². The highest BCUT2D eigenvalue weighted by Gasteiger charge is 2.36. The third-order valence-corrected chi connectivity index (χ3v) is 5.44. The zero-order valence-corrected chi connectivity index (χ0v) is 17.4. The Kier molecular flexibility index (Phi) is 5.77. The fourth-order valence-electron chi connectivity index (χ4n) is 3.78. The van der Waals surface area contributed by atoms with Crippen LogP contribution in [0.15, 0.2) is 42.6 Å². The number of aromatic amines is 1. The molecule has 2 N–H and O–H groups in total. The number of carboxylic acids is 1. The highest BCUT2D eigenvalue weighted by Crippen LogP contribution is 2.32. The van der Waals surface area contributed by atoms with Crippen LogP contribution in [-0.4, -0.2) is 52.2 Å². The Labute approximate surface area is 182 Å². The van der Waals surface area contributed by atoms with Gasteiger partial charge in [-0.25, -0.2) is 9.97 Å². The number of carbonyl (C=O) groups is 1. The molecule has 3 heterocycles. The van der Waals surface area contributed by atoms with Crippen LogP contribution in [0, 0.1) is 6.92 Å². The number of H-pyrrole nitrogens is 1. The molecule has 0 spiro atoms. The van der Waals surface area contributed by atoms with Crippen molar-refractivity contribution in [2.75, 3.05) is 36.0 Å². The lowest BCUT2D eigenvalue weighted by atomic mass is 10.1. The van der Waals surface area contributed by atoms with Gasteiger partial charge < -0.3 is 19.9 Å². The average Bonchev–Trinajstić information content (AvgIpc) is 3.16. The van der Waals surface area contributed by atoms with Crippen LogP contribution in [0.1, 0.15) is 17.0 Å². The van der Waals surface area contributed by atoms with Crippen molar-refractivity contribution >= 4 is 17.5 Å². The van der Waals surface area contributed by atoms with Gasteiger partial charge in [-0.1, -0.05) is 12.1 Å².